The van der Waals surface area contributed by atoms with Gasteiger partial charge in [0.05, 0.1) is 14.1 Å². The lowest BCUT2D eigenvalue weighted by atomic mass is 10.1. The highest BCUT2D eigenvalue weighted by Gasteiger charge is 2.19. The number of quaternary nitrogens is 1. The van der Waals surface area contributed by atoms with Gasteiger partial charge in [0, 0.05) is 10.6 Å². The fourth-order valence-electron chi connectivity index (χ4n) is 1.46. The van der Waals surface area contributed by atoms with Gasteiger partial charge in [0.15, 0.2) is 0 Å². The van der Waals surface area contributed by atoms with Gasteiger partial charge in [-0.1, -0.05) is 11.6 Å². The summed E-state index contributed by atoms with van der Waals surface area (Å²) in [6, 6.07) is 6.99. The maximum absolute atomic E-state index is 12.0. The second kappa shape index (κ2) is 7.43. The molecule has 0 bridgehead atoms. The summed E-state index contributed by atoms with van der Waals surface area (Å²) in [5.74, 6) is 5.97. The standard InChI is InChI=1S/C14H17ClNO.ClH/c1-4-5-10-16(2,3)11-14(17)12-6-8-13(15)9-7-12;/h6-9H,10-11H2,1-3H3;1H/q+1;/p-1. The van der Waals surface area contributed by atoms with Crippen LogP contribution in [-0.2, 0) is 0 Å². The second-order valence-electron chi connectivity index (χ2n) is 4.61. The molecule has 0 N–H and O–H groups in total. The quantitative estimate of drug-likeness (QED) is 0.419. The Morgan fingerprint density at radius 2 is 1.83 bits per heavy atom. The Morgan fingerprint density at radius 3 is 2.33 bits per heavy atom. The van der Waals surface area contributed by atoms with E-state index in [1.54, 1.807) is 31.2 Å². The molecular weight excluding hydrogens is 269 g/mol. The van der Waals surface area contributed by atoms with Crippen LogP contribution in [0.5, 0.6) is 0 Å². The predicted octanol–water partition coefficient (Wildman–Crippen LogP) is -0.374. The molecule has 0 spiro atoms. The molecule has 0 heterocycles. The van der Waals surface area contributed by atoms with E-state index in [1.807, 2.05) is 14.1 Å². The van der Waals surface area contributed by atoms with E-state index in [0.29, 0.717) is 28.2 Å². The molecule has 0 saturated heterocycles. The summed E-state index contributed by atoms with van der Waals surface area (Å²) in [5, 5.41) is 0.646. The van der Waals surface area contributed by atoms with E-state index in [-0.39, 0.29) is 18.2 Å². The Labute approximate surface area is 120 Å². The largest absolute Gasteiger partial charge is 1.00 e. The molecule has 0 unspecified atom stereocenters. The molecular formula is C14H17Cl2NO. The van der Waals surface area contributed by atoms with E-state index in [1.165, 1.54) is 0 Å². The van der Waals surface area contributed by atoms with E-state index in [4.69, 9.17) is 11.6 Å². The third-order valence-corrected chi connectivity index (χ3v) is 2.67. The lowest BCUT2D eigenvalue weighted by molar-refractivity contribution is -0.874. The number of hydrogen-bond acceptors (Lipinski definition) is 1. The fourth-order valence-corrected chi connectivity index (χ4v) is 1.59. The summed E-state index contributed by atoms with van der Waals surface area (Å²) < 4.78 is 0.572. The van der Waals surface area contributed by atoms with Crippen molar-refractivity contribution in [2.24, 2.45) is 0 Å². The molecule has 1 aromatic carbocycles. The van der Waals surface area contributed by atoms with Crippen LogP contribution in [0, 0.1) is 11.8 Å². The van der Waals surface area contributed by atoms with Crippen molar-refractivity contribution in [3.05, 3.63) is 34.9 Å². The van der Waals surface area contributed by atoms with Crippen molar-refractivity contribution in [2.45, 2.75) is 6.92 Å². The van der Waals surface area contributed by atoms with E-state index >= 15 is 0 Å². The number of carbonyl (C=O) groups excluding carboxylic acids is 1. The van der Waals surface area contributed by atoms with Gasteiger partial charge in [-0.15, -0.1) is 5.92 Å². The van der Waals surface area contributed by atoms with Gasteiger partial charge in [-0.05, 0) is 37.1 Å². The van der Waals surface area contributed by atoms with Crippen LogP contribution in [0.2, 0.25) is 5.02 Å². The molecule has 1 rings (SSSR count). The van der Waals surface area contributed by atoms with Gasteiger partial charge >= 0.3 is 0 Å². The molecule has 0 fully saturated rings. The Bertz CT molecular complexity index is 455. The van der Waals surface area contributed by atoms with Gasteiger partial charge in [0.25, 0.3) is 0 Å². The normalized spacial score (nSPS) is 10.0. The van der Waals surface area contributed by atoms with Crippen molar-refractivity contribution in [1.82, 2.24) is 0 Å². The highest BCUT2D eigenvalue weighted by Crippen LogP contribution is 2.11. The number of carbonyl (C=O) groups is 1. The number of benzene rings is 1. The van der Waals surface area contributed by atoms with Gasteiger partial charge in [-0.25, -0.2) is 0 Å². The van der Waals surface area contributed by atoms with Crippen molar-refractivity contribution in [2.75, 3.05) is 27.2 Å². The number of likely N-dealkylation sites (N-methyl/N-ethyl adjacent to an activating group) is 1. The van der Waals surface area contributed by atoms with E-state index in [2.05, 4.69) is 11.8 Å². The van der Waals surface area contributed by atoms with Crippen LogP contribution in [0.15, 0.2) is 24.3 Å². The van der Waals surface area contributed by atoms with Crippen LogP contribution in [0.25, 0.3) is 0 Å². The van der Waals surface area contributed by atoms with Crippen LogP contribution < -0.4 is 12.4 Å². The minimum absolute atomic E-state index is 0. The van der Waals surface area contributed by atoms with Crippen LogP contribution in [0.3, 0.4) is 0 Å². The lowest BCUT2D eigenvalue weighted by Crippen LogP contribution is -3.00. The van der Waals surface area contributed by atoms with Crippen molar-refractivity contribution >= 4 is 17.4 Å². The van der Waals surface area contributed by atoms with Gasteiger partial charge < -0.3 is 16.9 Å². The Hall–Kier alpha value is -1.01. The zero-order chi connectivity index (χ0) is 12.9. The third kappa shape index (κ3) is 5.55. The van der Waals surface area contributed by atoms with Crippen molar-refractivity contribution in [1.29, 1.82) is 0 Å². The number of rotatable bonds is 4. The SMILES string of the molecule is CC#CC[N+](C)(C)CC(=O)c1ccc(Cl)cc1.[Cl-]. The van der Waals surface area contributed by atoms with Crippen molar-refractivity contribution in [3.63, 3.8) is 0 Å². The number of Topliss-reactive ketones (excluding diaryl/α,β-unsaturated/α-hetero) is 1. The van der Waals surface area contributed by atoms with Crippen LogP contribution >= 0.6 is 11.6 Å². The maximum atomic E-state index is 12.0. The molecule has 0 amide bonds. The summed E-state index contributed by atoms with van der Waals surface area (Å²) in [6.07, 6.45) is 0. The van der Waals surface area contributed by atoms with Crippen molar-refractivity contribution in [3.8, 4) is 11.8 Å². The molecule has 98 valence electrons. The summed E-state index contributed by atoms with van der Waals surface area (Å²) >= 11 is 5.78. The highest BCUT2D eigenvalue weighted by atomic mass is 35.5. The number of halogens is 2. The first-order valence-electron chi connectivity index (χ1n) is 5.45. The monoisotopic (exact) mass is 285 g/mol. The molecule has 0 aliphatic rings. The molecule has 0 radical (unpaired) electrons. The smallest absolute Gasteiger partial charge is 0.216 e. The third-order valence-electron chi connectivity index (χ3n) is 2.42. The van der Waals surface area contributed by atoms with E-state index in [9.17, 15) is 4.79 Å². The minimum atomic E-state index is 0. The molecule has 0 saturated carbocycles. The fraction of sp³-hybridized carbons (Fsp3) is 0.357. The number of nitrogens with zero attached hydrogens (tertiary/aromatic N) is 1. The first-order valence-corrected chi connectivity index (χ1v) is 5.83. The van der Waals surface area contributed by atoms with Crippen molar-refractivity contribution < 1.29 is 21.7 Å². The van der Waals surface area contributed by atoms with Crippen LogP contribution in [0.4, 0.5) is 0 Å². The zero-order valence-electron chi connectivity index (χ0n) is 10.8. The van der Waals surface area contributed by atoms with Gasteiger partial charge in [0.1, 0.15) is 13.1 Å². The van der Waals surface area contributed by atoms with E-state index < -0.39 is 0 Å². The molecule has 0 aliphatic carbocycles. The molecule has 0 atom stereocenters. The van der Waals surface area contributed by atoms with Gasteiger partial charge in [-0.2, -0.15) is 0 Å². The minimum Gasteiger partial charge on any atom is -1.00 e. The topological polar surface area (TPSA) is 17.1 Å². The lowest BCUT2D eigenvalue weighted by Gasteiger charge is -2.26. The Balaban J connectivity index is 0.00000289. The summed E-state index contributed by atoms with van der Waals surface area (Å²) in [4.78, 5) is 12.0. The summed E-state index contributed by atoms with van der Waals surface area (Å²) in [5.41, 5.74) is 0.699. The second-order valence-corrected chi connectivity index (χ2v) is 5.05. The molecule has 0 aliphatic heterocycles. The predicted molar refractivity (Wildman–Crippen MR) is 71.1 cm³/mol. The molecule has 0 aromatic heterocycles. The first-order chi connectivity index (χ1) is 7.94. The Morgan fingerprint density at radius 1 is 1.28 bits per heavy atom. The maximum Gasteiger partial charge on any atom is 0.216 e. The summed E-state index contributed by atoms with van der Waals surface area (Å²) in [6.45, 7) is 2.92. The summed E-state index contributed by atoms with van der Waals surface area (Å²) in [7, 11) is 4.00. The number of hydrogen-bond donors (Lipinski definition) is 0. The zero-order valence-corrected chi connectivity index (χ0v) is 12.3. The first kappa shape index (κ1) is 17.0. The molecule has 1 aromatic rings. The highest BCUT2D eigenvalue weighted by molar-refractivity contribution is 6.30. The molecule has 18 heavy (non-hydrogen) atoms. The Kier molecular flexibility index (Phi) is 7.01. The average molecular weight is 286 g/mol. The van der Waals surface area contributed by atoms with E-state index in [0.717, 1.165) is 0 Å². The molecule has 4 heteroatoms. The van der Waals surface area contributed by atoms with Crippen LogP contribution in [0.1, 0.15) is 17.3 Å². The van der Waals surface area contributed by atoms with Crippen LogP contribution in [-0.4, -0.2) is 37.5 Å². The molecule has 2 nitrogen and oxygen atoms in total. The van der Waals surface area contributed by atoms with Gasteiger partial charge in [0.2, 0.25) is 5.78 Å². The number of ketones is 1. The average Bonchev–Trinajstić information content (AvgIpc) is 2.26. The van der Waals surface area contributed by atoms with Gasteiger partial charge in [-0.3, -0.25) is 4.79 Å².